The first-order valence-corrected chi connectivity index (χ1v) is 5.52. The van der Waals surface area contributed by atoms with Gasteiger partial charge in [-0.25, -0.2) is 8.78 Å². The van der Waals surface area contributed by atoms with Crippen molar-refractivity contribution in [2.45, 2.75) is 6.42 Å². The first kappa shape index (κ1) is 10.9. The van der Waals surface area contributed by atoms with Crippen LogP contribution in [0.4, 0.5) is 14.5 Å². The molecule has 0 aromatic heterocycles. The minimum Gasteiger partial charge on any atom is -0.326 e. The number of hydrogen-bond donors (Lipinski definition) is 1. The Morgan fingerprint density at radius 3 is 2.50 bits per heavy atom. The molecule has 90 valence electrons. The first-order valence-electron chi connectivity index (χ1n) is 5.52. The zero-order chi connectivity index (χ0) is 12.7. The summed E-state index contributed by atoms with van der Waals surface area (Å²) in [5, 5.41) is 2.68. The van der Waals surface area contributed by atoms with Crippen LogP contribution in [0, 0.1) is 11.6 Å². The van der Waals surface area contributed by atoms with Gasteiger partial charge in [-0.1, -0.05) is 12.1 Å². The number of nitrogens with one attached hydrogen (secondary N) is 1. The highest BCUT2D eigenvalue weighted by atomic mass is 19.1. The third-order valence-electron chi connectivity index (χ3n) is 2.98. The van der Waals surface area contributed by atoms with Crippen molar-refractivity contribution in [3.8, 4) is 11.1 Å². The lowest BCUT2D eigenvalue weighted by atomic mass is 10.0. The van der Waals surface area contributed by atoms with E-state index in [9.17, 15) is 13.6 Å². The van der Waals surface area contributed by atoms with Crippen LogP contribution in [0.5, 0.6) is 0 Å². The number of benzene rings is 2. The Morgan fingerprint density at radius 2 is 1.78 bits per heavy atom. The molecule has 1 aliphatic rings. The van der Waals surface area contributed by atoms with Crippen molar-refractivity contribution in [2.75, 3.05) is 5.32 Å². The Balaban J connectivity index is 2.14. The zero-order valence-electron chi connectivity index (χ0n) is 9.34. The van der Waals surface area contributed by atoms with Crippen molar-refractivity contribution in [1.29, 1.82) is 0 Å². The van der Waals surface area contributed by atoms with Crippen molar-refractivity contribution in [3.05, 3.63) is 53.6 Å². The Hall–Kier alpha value is -2.23. The third kappa shape index (κ3) is 1.66. The van der Waals surface area contributed by atoms with Gasteiger partial charge < -0.3 is 5.32 Å². The van der Waals surface area contributed by atoms with E-state index in [2.05, 4.69) is 5.32 Å². The largest absolute Gasteiger partial charge is 0.326 e. The number of rotatable bonds is 1. The van der Waals surface area contributed by atoms with Gasteiger partial charge in [0.05, 0.1) is 12.0 Å². The summed E-state index contributed by atoms with van der Waals surface area (Å²) in [5.74, 6) is -1.31. The molecule has 2 nitrogen and oxygen atoms in total. The summed E-state index contributed by atoms with van der Waals surface area (Å²) in [6.07, 6.45) is 0.249. The second-order valence-electron chi connectivity index (χ2n) is 4.19. The second kappa shape index (κ2) is 3.91. The van der Waals surface area contributed by atoms with Gasteiger partial charge in [0.2, 0.25) is 5.91 Å². The van der Waals surface area contributed by atoms with Crippen molar-refractivity contribution in [2.24, 2.45) is 0 Å². The molecule has 0 radical (unpaired) electrons. The maximum atomic E-state index is 13.6. The van der Waals surface area contributed by atoms with Gasteiger partial charge in [0.25, 0.3) is 0 Å². The normalized spacial score (nSPS) is 13.3. The summed E-state index contributed by atoms with van der Waals surface area (Å²) in [6, 6.07) is 8.68. The summed E-state index contributed by atoms with van der Waals surface area (Å²) >= 11 is 0. The smallest absolute Gasteiger partial charge is 0.228 e. The van der Waals surface area contributed by atoms with E-state index < -0.39 is 11.6 Å². The molecule has 0 spiro atoms. The van der Waals surface area contributed by atoms with Crippen LogP contribution in [-0.4, -0.2) is 5.91 Å². The number of fused-ring (bicyclic) bond motifs is 1. The molecular weight excluding hydrogens is 236 g/mol. The Morgan fingerprint density at radius 1 is 1.06 bits per heavy atom. The standard InChI is InChI=1S/C14H9F2NO/c15-10-2-1-3-11(16)14(10)8-4-5-12-9(6-8)7-13(18)17-12/h1-6H,7H2,(H,17,18). The highest BCUT2D eigenvalue weighted by Gasteiger charge is 2.19. The van der Waals surface area contributed by atoms with Crippen molar-refractivity contribution < 1.29 is 13.6 Å². The molecule has 2 aromatic rings. The fraction of sp³-hybridized carbons (Fsp3) is 0.0714. The number of halogens is 2. The Labute approximate surface area is 102 Å². The topological polar surface area (TPSA) is 29.1 Å². The molecule has 0 atom stereocenters. The van der Waals surface area contributed by atoms with Crippen LogP contribution >= 0.6 is 0 Å². The zero-order valence-corrected chi connectivity index (χ0v) is 9.34. The van der Waals surface area contributed by atoms with Gasteiger partial charge in [-0.3, -0.25) is 4.79 Å². The number of hydrogen-bond acceptors (Lipinski definition) is 1. The van der Waals surface area contributed by atoms with Gasteiger partial charge in [-0.2, -0.15) is 0 Å². The molecule has 1 N–H and O–H groups in total. The van der Waals surface area contributed by atoms with Crippen LogP contribution in [0.2, 0.25) is 0 Å². The quantitative estimate of drug-likeness (QED) is 0.821. The summed E-state index contributed by atoms with van der Waals surface area (Å²) in [6.45, 7) is 0. The van der Waals surface area contributed by atoms with Crippen molar-refractivity contribution in [3.63, 3.8) is 0 Å². The van der Waals surface area contributed by atoms with E-state index in [-0.39, 0.29) is 17.9 Å². The van der Waals surface area contributed by atoms with Crippen LogP contribution in [0.15, 0.2) is 36.4 Å². The third-order valence-corrected chi connectivity index (χ3v) is 2.98. The molecule has 1 heterocycles. The van der Waals surface area contributed by atoms with Crippen LogP contribution in [0.3, 0.4) is 0 Å². The lowest BCUT2D eigenvalue weighted by Crippen LogP contribution is -2.03. The molecule has 3 rings (SSSR count). The van der Waals surface area contributed by atoms with Gasteiger partial charge in [0, 0.05) is 5.69 Å². The van der Waals surface area contributed by atoms with Gasteiger partial charge in [0.15, 0.2) is 0 Å². The minimum atomic E-state index is -0.604. The summed E-state index contributed by atoms with van der Waals surface area (Å²) in [4.78, 5) is 11.2. The van der Waals surface area contributed by atoms with E-state index in [0.29, 0.717) is 11.3 Å². The van der Waals surface area contributed by atoms with Gasteiger partial charge in [-0.15, -0.1) is 0 Å². The predicted octanol–water partition coefficient (Wildman–Crippen LogP) is 3.13. The monoisotopic (exact) mass is 245 g/mol. The molecule has 0 fully saturated rings. The van der Waals surface area contributed by atoms with Crippen LogP contribution < -0.4 is 5.32 Å². The average molecular weight is 245 g/mol. The summed E-state index contributed by atoms with van der Waals surface area (Å²) < 4.78 is 27.3. The SMILES string of the molecule is O=C1Cc2cc(-c3c(F)cccc3F)ccc2N1. The molecule has 1 aliphatic heterocycles. The number of carbonyl (C=O) groups excluding carboxylic acids is 1. The van der Waals surface area contributed by atoms with Gasteiger partial charge >= 0.3 is 0 Å². The molecule has 0 aliphatic carbocycles. The van der Waals surface area contributed by atoms with E-state index in [1.807, 2.05) is 0 Å². The molecule has 0 bridgehead atoms. The first-order chi connectivity index (χ1) is 8.65. The average Bonchev–Trinajstić information content (AvgIpc) is 2.68. The van der Waals surface area contributed by atoms with Crippen molar-refractivity contribution >= 4 is 11.6 Å². The number of amides is 1. The number of anilines is 1. The molecule has 18 heavy (non-hydrogen) atoms. The molecule has 0 unspecified atom stereocenters. The predicted molar refractivity (Wildman–Crippen MR) is 64.1 cm³/mol. The minimum absolute atomic E-state index is 0.0559. The van der Waals surface area contributed by atoms with Crippen LogP contribution in [0.1, 0.15) is 5.56 Å². The Bertz CT molecular complexity index is 632. The van der Waals surface area contributed by atoms with E-state index in [1.165, 1.54) is 18.2 Å². The molecule has 0 saturated heterocycles. The fourth-order valence-corrected chi connectivity index (χ4v) is 2.16. The van der Waals surface area contributed by atoms with Crippen molar-refractivity contribution in [1.82, 2.24) is 0 Å². The van der Waals surface area contributed by atoms with E-state index in [4.69, 9.17) is 0 Å². The lowest BCUT2D eigenvalue weighted by Gasteiger charge is -2.07. The lowest BCUT2D eigenvalue weighted by molar-refractivity contribution is -0.115. The summed E-state index contributed by atoms with van der Waals surface area (Å²) in [5.41, 5.74) is 1.86. The molecule has 0 saturated carbocycles. The summed E-state index contributed by atoms with van der Waals surface area (Å²) in [7, 11) is 0. The van der Waals surface area contributed by atoms with Gasteiger partial charge in [0.1, 0.15) is 11.6 Å². The van der Waals surface area contributed by atoms with Gasteiger partial charge in [-0.05, 0) is 35.4 Å². The highest BCUT2D eigenvalue weighted by Crippen LogP contribution is 2.31. The van der Waals surface area contributed by atoms with E-state index in [1.54, 1.807) is 18.2 Å². The number of carbonyl (C=O) groups is 1. The van der Waals surface area contributed by atoms with E-state index in [0.717, 1.165) is 5.56 Å². The fourth-order valence-electron chi connectivity index (χ4n) is 2.16. The maximum Gasteiger partial charge on any atom is 0.228 e. The van der Waals surface area contributed by atoms with Crippen LogP contribution in [-0.2, 0) is 11.2 Å². The second-order valence-corrected chi connectivity index (χ2v) is 4.19. The highest BCUT2D eigenvalue weighted by molar-refractivity contribution is 5.99. The van der Waals surface area contributed by atoms with E-state index >= 15 is 0 Å². The Kier molecular flexibility index (Phi) is 2.37. The molecule has 4 heteroatoms. The molecule has 2 aromatic carbocycles. The maximum absolute atomic E-state index is 13.6. The van der Waals surface area contributed by atoms with Crippen LogP contribution in [0.25, 0.3) is 11.1 Å². The molecule has 1 amide bonds. The molecular formula is C14H9F2NO.